The molecule has 1 atom stereocenters. The van der Waals surface area contributed by atoms with Crippen LogP contribution in [0.15, 0.2) is 83.8 Å². The summed E-state index contributed by atoms with van der Waals surface area (Å²) >= 11 is 7.56. The number of nitrogens with zero attached hydrogens (tertiary/aromatic N) is 1. The van der Waals surface area contributed by atoms with Crippen molar-refractivity contribution in [3.8, 4) is 0 Å². The summed E-state index contributed by atoms with van der Waals surface area (Å²) in [6.45, 7) is 0.236. The van der Waals surface area contributed by atoms with Crippen molar-refractivity contribution in [2.24, 2.45) is 0 Å². The third kappa shape index (κ3) is 8.34. The summed E-state index contributed by atoms with van der Waals surface area (Å²) < 4.78 is 13.6. The SMILES string of the molecule is O=C(NC1CCCC1)[C@@H](Cc1ccccc1)N(Cc1ccc(F)cc1)C(=O)CCSc1ccc(Cl)cc1. The van der Waals surface area contributed by atoms with Crippen LogP contribution in [0.3, 0.4) is 0 Å². The highest BCUT2D eigenvalue weighted by Gasteiger charge is 2.32. The van der Waals surface area contributed by atoms with Crippen LogP contribution in [0.5, 0.6) is 0 Å². The summed E-state index contributed by atoms with van der Waals surface area (Å²) in [6, 6.07) is 22.9. The van der Waals surface area contributed by atoms with Crippen molar-refractivity contribution in [3.63, 3.8) is 0 Å². The molecule has 4 rings (SSSR count). The van der Waals surface area contributed by atoms with E-state index in [2.05, 4.69) is 5.32 Å². The molecule has 0 heterocycles. The summed E-state index contributed by atoms with van der Waals surface area (Å²) in [4.78, 5) is 30.0. The van der Waals surface area contributed by atoms with Gasteiger partial charge in [0.2, 0.25) is 11.8 Å². The van der Waals surface area contributed by atoms with E-state index in [9.17, 15) is 14.0 Å². The Hall–Kier alpha value is -2.83. The molecule has 37 heavy (non-hydrogen) atoms. The first-order valence-electron chi connectivity index (χ1n) is 12.7. The van der Waals surface area contributed by atoms with E-state index in [-0.39, 0.29) is 36.6 Å². The Balaban J connectivity index is 1.55. The maximum Gasteiger partial charge on any atom is 0.243 e. The van der Waals surface area contributed by atoms with Crippen molar-refractivity contribution in [3.05, 3.63) is 101 Å². The molecule has 1 aliphatic carbocycles. The van der Waals surface area contributed by atoms with Crippen LogP contribution in [0.4, 0.5) is 4.39 Å². The van der Waals surface area contributed by atoms with E-state index in [0.717, 1.165) is 41.7 Å². The molecule has 7 heteroatoms. The summed E-state index contributed by atoms with van der Waals surface area (Å²) in [7, 11) is 0. The second-order valence-corrected chi connectivity index (χ2v) is 11.0. The lowest BCUT2D eigenvalue weighted by Crippen LogP contribution is -2.52. The summed E-state index contributed by atoms with van der Waals surface area (Å²) in [5, 5.41) is 3.88. The zero-order valence-corrected chi connectivity index (χ0v) is 22.3. The van der Waals surface area contributed by atoms with Gasteiger partial charge in [-0.15, -0.1) is 11.8 Å². The van der Waals surface area contributed by atoms with E-state index < -0.39 is 6.04 Å². The van der Waals surface area contributed by atoms with Crippen molar-refractivity contribution < 1.29 is 14.0 Å². The van der Waals surface area contributed by atoms with Crippen molar-refractivity contribution in [1.82, 2.24) is 10.2 Å². The minimum Gasteiger partial charge on any atom is -0.352 e. The average molecular weight is 539 g/mol. The van der Waals surface area contributed by atoms with Crippen molar-refractivity contribution in [2.75, 3.05) is 5.75 Å². The number of hydrogen-bond acceptors (Lipinski definition) is 3. The Labute approximate surface area is 227 Å². The number of halogens is 2. The number of hydrogen-bond donors (Lipinski definition) is 1. The van der Waals surface area contributed by atoms with Gasteiger partial charge in [0.15, 0.2) is 0 Å². The fraction of sp³-hybridized carbons (Fsp3) is 0.333. The molecule has 0 spiro atoms. The highest BCUT2D eigenvalue weighted by atomic mass is 35.5. The fourth-order valence-electron chi connectivity index (χ4n) is 4.64. The highest BCUT2D eigenvalue weighted by molar-refractivity contribution is 7.99. The lowest BCUT2D eigenvalue weighted by molar-refractivity contribution is -0.141. The Morgan fingerprint density at radius 2 is 1.62 bits per heavy atom. The van der Waals surface area contributed by atoms with Gasteiger partial charge in [-0.1, -0.05) is 66.9 Å². The molecule has 0 aromatic heterocycles. The maximum absolute atomic E-state index is 13.7. The topological polar surface area (TPSA) is 49.4 Å². The van der Waals surface area contributed by atoms with Gasteiger partial charge in [-0.25, -0.2) is 4.39 Å². The zero-order valence-electron chi connectivity index (χ0n) is 20.7. The quantitative estimate of drug-likeness (QED) is 0.278. The van der Waals surface area contributed by atoms with Crippen LogP contribution in [0, 0.1) is 5.82 Å². The van der Waals surface area contributed by atoms with Gasteiger partial charge in [0.1, 0.15) is 11.9 Å². The Morgan fingerprint density at radius 3 is 2.30 bits per heavy atom. The predicted octanol–water partition coefficient (Wildman–Crippen LogP) is 6.66. The van der Waals surface area contributed by atoms with Gasteiger partial charge in [-0.2, -0.15) is 0 Å². The normalized spacial score (nSPS) is 14.3. The molecule has 0 radical (unpaired) electrons. The zero-order chi connectivity index (χ0) is 26.0. The second kappa shape index (κ2) is 13.6. The van der Waals surface area contributed by atoms with Crippen LogP contribution in [0.1, 0.15) is 43.2 Å². The lowest BCUT2D eigenvalue weighted by Gasteiger charge is -2.32. The lowest BCUT2D eigenvalue weighted by atomic mass is 10.0. The molecule has 1 fully saturated rings. The van der Waals surface area contributed by atoms with Gasteiger partial charge in [-0.05, 0) is 60.4 Å². The molecule has 0 saturated heterocycles. The van der Waals surface area contributed by atoms with Crippen LogP contribution >= 0.6 is 23.4 Å². The maximum atomic E-state index is 13.7. The molecular formula is C30H32ClFN2O2S. The number of benzene rings is 3. The third-order valence-corrected chi connectivity index (χ3v) is 7.90. The first-order chi connectivity index (χ1) is 18.0. The molecule has 1 saturated carbocycles. The van der Waals surface area contributed by atoms with Crippen molar-refractivity contribution in [2.45, 2.75) is 62.0 Å². The van der Waals surface area contributed by atoms with Crippen LogP contribution < -0.4 is 5.32 Å². The Kier molecular flexibility index (Phi) is 10.0. The largest absolute Gasteiger partial charge is 0.352 e. The summed E-state index contributed by atoms with van der Waals surface area (Å²) in [6.07, 6.45) is 4.83. The standard InChI is InChI=1S/C30H32ClFN2O2S/c31-24-12-16-27(17-13-24)37-19-18-29(35)34(21-23-10-14-25(32)15-11-23)28(20-22-6-2-1-3-7-22)30(36)33-26-8-4-5-9-26/h1-3,6-7,10-17,26,28H,4-5,8-9,18-21H2,(H,33,36)/t28-/m1/s1. The molecule has 4 nitrogen and oxygen atoms in total. The van der Waals surface area contributed by atoms with Crippen molar-refractivity contribution in [1.29, 1.82) is 0 Å². The second-order valence-electron chi connectivity index (χ2n) is 9.40. The smallest absolute Gasteiger partial charge is 0.243 e. The van der Waals surface area contributed by atoms with Gasteiger partial charge in [-0.3, -0.25) is 9.59 Å². The summed E-state index contributed by atoms with van der Waals surface area (Å²) in [5.41, 5.74) is 1.77. The van der Waals surface area contributed by atoms with Gasteiger partial charge in [0.05, 0.1) is 0 Å². The number of carbonyl (C=O) groups is 2. The van der Waals surface area contributed by atoms with Gasteiger partial charge in [0.25, 0.3) is 0 Å². The first-order valence-corrected chi connectivity index (χ1v) is 14.1. The monoisotopic (exact) mass is 538 g/mol. The van der Waals surface area contributed by atoms with Crippen molar-refractivity contribution >= 4 is 35.2 Å². The Bertz CT molecular complexity index is 1150. The van der Waals surface area contributed by atoms with Crippen LogP contribution in [0.2, 0.25) is 5.02 Å². The van der Waals surface area contributed by atoms with E-state index in [1.165, 1.54) is 12.1 Å². The van der Waals surface area contributed by atoms with Crippen LogP contribution in [0.25, 0.3) is 0 Å². The number of amides is 2. The molecule has 194 valence electrons. The fourth-order valence-corrected chi connectivity index (χ4v) is 5.61. The number of carbonyl (C=O) groups excluding carboxylic acids is 2. The van der Waals surface area contributed by atoms with E-state index in [0.29, 0.717) is 17.2 Å². The highest BCUT2D eigenvalue weighted by Crippen LogP contribution is 2.23. The minimum atomic E-state index is -0.666. The molecule has 2 amide bonds. The van der Waals surface area contributed by atoms with E-state index >= 15 is 0 Å². The molecule has 1 N–H and O–H groups in total. The molecule has 0 unspecified atom stereocenters. The number of thioether (sulfide) groups is 1. The molecule has 1 aliphatic rings. The minimum absolute atomic E-state index is 0.103. The molecule has 3 aromatic rings. The molecular weight excluding hydrogens is 507 g/mol. The molecule has 0 bridgehead atoms. The Morgan fingerprint density at radius 1 is 0.946 bits per heavy atom. The van der Waals surface area contributed by atoms with Gasteiger partial charge in [0, 0.05) is 41.1 Å². The summed E-state index contributed by atoms with van der Waals surface area (Å²) in [5.74, 6) is 0.00791. The first kappa shape index (κ1) is 27.2. The average Bonchev–Trinajstić information content (AvgIpc) is 3.42. The molecule has 3 aromatic carbocycles. The number of nitrogens with one attached hydrogen (secondary N) is 1. The van der Waals surface area contributed by atoms with Gasteiger partial charge >= 0.3 is 0 Å². The van der Waals surface area contributed by atoms with Gasteiger partial charge < -0.3 is 10.2 Å². The predicted molar refractivity (Wildman–Crippen MR) is 148 cm³/mol. The molecule has 0 aliphatic heterocycles. The van der Waals surface area contributed by atoms with E-state index in [4.69, 9.17) is 11.6 Å². The third-order valence-electron chi connectivity index (χ3n) is 6.64. The van der Waals surface area contributed by atoms with Crippen LogP contribution in [-0.4, -0.2) is 34.6 Å². The number of rotatable bonds is 11. The van der Waals surface area contributed by atoms with E-state index in [1.54, 1.807) is 28.8 Å². The van der Waals surface area contributed by atoms with E-state index in [1.807, 2.05) is 54.6 Å². The van der Waals surface area contributed by atoms with Crippen LogP contribution in [-0.2, 0) is 22.6 Å².